The van der Waals surface area contributed by atoms with Crippen molar-refractivity contribution in [3.63, 3.8) is 0 Å². The van der Waals surface area contributed by atoms with Gasteiger partial charge in [0.2, 0.25) is 5.91 Å². The first-order chi connectivity index (χ1) is 15.1. The summed E-state index contributed by atoms with van der Waals surface area (Å²) in [5.41, 5.74) is 2.07. The van der Waals surface area contributed by atoms with Crippen molar-refractivity contribution in [1.29, 1.82) is 0 Å². The molecule has 0 aliphatic carbocycles. The number of nitrogens with one attached hydrogen (secondary N) is 1. The Morgan fingerprint density at radius 2 is 1.74 bits per heavy atom. The summed E-state index contributed by atoms with van der Waals surface area (Å²) in [6, 6.07) is 21.3. The van der Waals surface area contributed by atoms with Gasteiger partial charge in [0.1, 0.15) is 5.75 Å². The fourth-order valence-corrected chi connectivity index (χ4v) is 3.15. The monoisotopic (exact) mass is 433 g/mol. The van der Waals surface area contributed by atoms with Crippen molar-refractivity contribution in [2.24, 2.45) is 0 Å². The first-order valence-corrected chi connectivity index (χ1v) is 10.6. The van der Waals surface area contributed by atoms with E-state index in [9.17, 15) is 9.59 Å². The minimum atomic E-state index is -0.354. The van der Waals surface area contributed by atoms with Crippen LogP contribution in [0.5, 0.6) is 5.75 Å². The number of carbonyl (C=O) groups is 2. The molecule has 0 bridgehead atoms. The van der Waals surface area contributed by atoms with Crippen LogP contribution in [0.4, 0.5) is 5.69 Å². The largest absolute Gasteiger partial charge is 0.493 e. The number of hydrogen-bond acceptors (Lipinski definition) is 3. The first-order valence-electron chi connectivity index (χ1n) is 10.2. The molecule has 1 N–H and O–H groups in total. The Morgan fingerprint density at radius 3 is 2.52 bits per heavy atom. The molecule has 4 nitrogen and oxygen atoms in total. The lowest BCUT2D eigenvalue weighted by molar-refractivity contribution is -0.111. The minimum absolute atomic E-state index is 0.211. The molecule has 0 saturated heterocycles. The maximum Gasteiger partial charge on any atom is 0.248 e. The fraction of sp³-hybridized carbons (Fsp3) is 0.154. The highest BCUT2D eigenvalue weighted by molar-refractivity contribution is 6.31. The molecule has 1 amide bonds. The van der Waals surface area contributed by atoms with Gasteiger partial charge in [0.15, 0.2) is 5.78 Å². The first kappa shape index (κ1) is 22.3. The highest BCUT2D eigenvalue weighted by Gasteiger charge is 2.15. The van der Waals surface area contributed by atoms with Crippen LogP contribution in [-0.4, -0.2) is 18.3 Å². The Bertz CT molecular complexity index is 1080. The third-order valence-corrected chi connectivity index (χ3v) is 4.84. The predicted octanol–water partition coefficient (Wildman–Crippen LogP) is 6.40. The van der Waals surface area contributed by atoms with E-state index in [0.29, 0.717) is 28.4 Å². The summed E-state index contributed by atoms with van der Waals surface area (Å²) in [4.78, 5) is 25.5. The Hall–Kier alpha value is -3.37. The molecule has 0 heterocycles. The molecule has 3 aromatic rings. The summed E-state index contributed by atoms with van der Waals surface area (Å²) in [5, 5.41) is 3.21. The van der Waals surface area contributed by atoms with Crippen LogP contribution in [0, 0.1) is 0 Å². The van der Waals surface area contributed by atoms with Crippen molar-refractivity contribution >= 4 is 35.1 Å². The van der Waals surface area contributed by atoms with Gasteiger partial charge in [0.25, 0.3) is 0 Å². The van der Waals surface area contributed by atoms with Crippen LogP contribution in [0.25, 0.3) is 6.08 Å². The van der Waals surface area contributed by atoms with Crippen LogP contribution in [0.3, 0.4) is 0 Å². The van der Waals surface area contributed by atoms with Gasteiger partial charge in [0, 0.05) is 27.8 Å². The van der Waals surface area contributed by atoms with E-state index in [1.54, 1.807) is 48.5 Å². The van der Waals surface area contributed by atoms with Crippen LogP contribution in [0.15, 0.2) is 78.9 Å². The van der Waals surface area contributed by atoms with E-state index in [1.807, 2.05) is 30.3 Å². The summed E-state index contributed by atoms with van der Waals surface area (Å²) in [7, 11) is 0. The average molecular weight is 434 g/mol. The van der Waals surface area contributed by atoms with Crippen molar-refractivity contribution in [1.82, 2.24) is 0 Å². The number of anilines is 1. The second kappa shape index (κ2) is 11.1. The number of hydrogen-bond donors (Lipinski definition) is 1. The molecular weight excluding hydrogens is 410 g/mol. The number of ketones is 1. The van der Waals surface area contributed by atoms with E-state index in [-0.39, 0.29) is 11.7 Å². The Balaban J connectivity index is 1.77. The summed E-state index contributed by atoms with van der Waals surface area (Å²) >= 11 is 6.10. The number of para-hydroxylation sites is 1. The van der Waals surface area contributed by atoms with Crippen molar-refractivity contribution < 1.29 is 14.3 Å². The molecule has 158 valence electrons. The van der Waals surface area contributed by atoms with Gasteiger partial charge in [-0.1, -0.05) is 73.5 Å². The second-order valence-electron chi connectivity index (χ2n) is 6.95. The maximum atomic E-state index is 12.9. The molecule has 0 radical (unpaired) electrons. The van der Waals surface area contributed by atoms with Crippen molar-refractivity contribution in [2.45, 2.75) is 19.8 Å². The summed E-state index contributed by atoms with van der Waals surface area (Å²) in [5.74, 6) is 0.163. The third kappa shape index (κ3) is 6.30. The van der Waals surface area contributed by atoms with Crippen LogP contribution >= 0.6 is 11.6 Å². The molecule has 0 atom stereocenters. The number of unbranched alkanes of at least 4 members (excludes halogenated alkanes) is 1. The zero-order valence-electron chi connectivity index (χ0n) is 17.3. The normalized spacial score (nSPS) is 10.8. The van der Waals surface area contributed by atoms with E-state index >= 15 is 0 Å². The van der Waals surface area contributed by atoms with Crippen molar-refractivity contribution in [3.05, 3.63) is 101 Å². The van der Waals surface area contributed by atoms with E-state index in [1.165, 1.54) is 6.08 Å². The maximum absolute atomic E-state index is 12.9. The van der Waals surface area contributed by atoms with Gasteiger partial charge in [-0.25, -0.2) is 0 Å². The van der Waals surface area contributed by atoms with E-state index in [2.05, 4.69) is 12.2 Å². The number of halogens is 1. The second-order valence-corrected chi connectivity index (χ2v) is 7.38. The molecule has 0 fully saturated rings. The Kier molecular flexibility index (Phi) is 8.02. The number of ether oxygens (including phenoxy) is 1. The molecule has 0 aliphatic rings. The number of amides is 1. The highest BCUT2D eigenvalue weighted by atomic mass is 35.5. The zero-order valence-corrected chi connectivity index (χ0v) is 18.1. The smallest absolute Gasteiger partial charge is 0.248 e. The van der Waals surface area contributed by atoms with Gasteiger partial charge in [-0.2, -0.15) is 0 Å². The van der Waals surface area contributed by atoms with Gasteiger partial charge in [0.05, 0.1) is 12.3 Å². The lowest BCUT2D eigenvalue weighted by Gasteiger charge is -2.10. The molecule has 0 spiro atoms. The molecule has 0 unspecified atom stereocenters. The van der Waals surface area contributed by atoms with Crippen molar-refractivity contribution in [2.75, 3.05) is 11.9 Å². The molecule has 0 aliphatic heterocycles. The average Bonchev–Trinajstić information content (AvgIpc) is 2.80. The van der Waals surface area contributed by atoms with E-state index in [4.69, 9.17) is 16.3 Å². The highest BCUT2D eigenvalue weighted by Crippen LogP contribution is 2.24. The standard InChI is InChI=1S/C26H24ClNO3/c1-2-3-17-31-24-12-8-7-9-19(24)13-16-25(29)28-23-15-14-21(27)18-22(23)26(30)20-10-5-4-6-11-20/h4-16,18H,2-3,17H2,1H3,(H,28,29)/b16-13+. The van der Waals surface area contributed by atoms with Crippen molar-refractivity contribution in [3.8, 4) is 5.75 Å². The van der Waals surface area contributed by atoms with E-state index in [0.717, 1.165) is 24.2 Å². The van der Waals surface area contributed by atoms with Gasteiger partial charge in [-0.05, 0) is 36.8 Å². The van der Waals surface area contributed by atoms with Crippen LogP contribution in [0.2, 0.25) is 5.02 Å². The van der Waals surface area contributed by atoms with Gasteiger partial charge in [-0.3, -0.25) is 9.59 Å². The fourth-order valence-electron chi connectivity index (χ4n) is 2.97. The minimum Gasteiger partial charge on any atom is -0.493 e. The Labute approximate surface area is 187 Å². The van der Waals surface area contributed by atoms with E-state index < -0.39 is 0 Å². The summed E-state index contributed by atoms with van der Waals surface area (Å²) in [6.45, 7) is 2.73. The molecule has 3 rings (SSSR count). The topological polar surface area (TPSA) is 55.4 Å². The number of benzene rings is 3. The van der Waals surface area contributed by atoms with Gasteiger partial charge < -0.3 is 10.1 Å². The third-order valence-electron chi connectivity index (χ3n) is 4.61. The van der Waals surface area contributed by atoms with Gasteiger partial charge >= 0.3 is 0 Å². The summed E-state index contributed by atoms with van der Waals surface area (Å²) in [6.07, 6.45) is 5.14. The molecule has 31 heavy (non-hydrogen) atoms. The molecule has 5 heteroatoms. The number of carbonyl (C=O) groups excluding carboxylic acids is 2. The number of rotatable bonds is 9. The molecule has 0 aromatic heterocycles. The van der Waals surface area contributed by atoms with Gasteiger partial charge in [-0.15, -0.1) is 0 Å². The lowest BCUT2D eigenvalue weighted by atomic mass is 10.0. The SMILES string of the molecule is CCCCOc1ccccc1/C=C/C(=O)Nc1ccc(Cl)cc1C(=O)c1ccccc1. The zero-order chi connectivity index (χ0) is 22.1. The Morgan fingerprint density at radius 1 is 1.00 bits per heavy atom. The summed E-state index contributed by atoms with van der Waals surface area (Å²) < 4.78 is 5.80. The molecule has 0 saturated carbocycles. The molecular formula is C26H24ClNO3. The van der Waals surface area contributed by atoms with Crippen LogP contribution in [-0.2, 0) is 4.79 Å². The quantitative estimate of drug-likeness (QED) is 0.241. The van der Waals surface area contributed by atoms with Crippen LogP contribution in [0.1, 0.15) is 41.3 Å². The lowest BCUT2D eigenvalue weighted by Crippen LogP contribution is -2.13. The molecule has 3 aromatic carbocycles. The predicted molar refractivity (Wildman–Crippen MR) is 126 cm³/mol. The van der Waals surface area contributed by atoms with Crippen LogP contribution < -0.4 is 10.1 Å².